The summed E-state index contributed by atoms with van der Waals surface area (Å²) in [5.41, 5.74) is 3.27. The minimum absolute atomic E-state index is 0.0199. The second kappa shape index (κ2) is 6.23. The van der Waals surface area contributed by atoms with Crippen LogP contribution in [0.4, 0.5) is 0 Å². The summed E-state index contributed by atoms with van der Waals surface area (Å²) in [4.78, 5) is 0. The van der Waals surface area contributed by atoms with Crippen molar-refractivity contribution in [2.45, 2.75) is 37.8 Å². The molecule has 162 valence electrons. The second-order valence-electron chi connectivity index (χ2n) is 8.60. The largest absolute Gasteiger partial charge is 0.496 e. The third kappa shape index (κ3) is 2.50. The Morgan fingerprint density at radius 3 is 2.45 bits per heavy atom. The van der Waals surface area contributed by atoms with Crippen molar-refractivity contribution >= 4 is 11.3 Å². The second-order valence-corrected chi connectivity index (χ2v) is 8.60. The Morgan fingerprint density at radius 1 is 0.935 bits per heavy atom. The van der Waals surface area contributed by atoms with Gasteiger partial charge < -0.3 is 33.2 Å². The quantitative estimate of drug-likeness (QED) is 0.691. The topological polar surface area (TPSA) is 67.9 Å². The highest BCUT2D eigenvalue weighted by atomic mass is 16.6. The molecule has 3 atom stereocenters. The van der Waals surface area contributed by atoms with Gasteiger partial charge in [-0.05, 0) is 32.0 Å². The Kier molecular flexibility index (Phi) is 3.76. The average molecular weight is 424 g/mol. The number of rotatable bonds is 3. The minimum Gasteiger partial charge on any atom is -0.496 e. The van der Waals surface area contributed by atoms with Gasteiger partial charge in [-0.1, -0.05) is 0 Å². The van der Waals surface area contributed by atoms with E-state index in [2.05, 4.69) is 0 Å². The van der Waals surface area contributed by atoms with Crippen molar-refractivity contribution in [3.05, 3.63) is 41.0 Å². The maximum absolute atomic E-state index is 6.52. The van der Waals surface area contributed by atoms with E-state index in [1.807, 2.05) is 38.1 Å². The fourth-order valence-electron chi connectivity index (χ4n) is 4.93. The van der Waals surface area contributed by atoms with Crippen molar-refractivity contribution < 1.29 is 33.2 Å². The third-order valence-corrected chi connectivity index (χ3v) is 6.43. The first-order valence-corrected chi connectivity index (χ1v) is 10.3. The van der Waals surface area contributed by atoms with Gasteiger partial charge in [0.05, 0.1) is 32.5 Å². The van der Waals surface area contributed by atoms with Gasteiger partial charge in [0.15, 0.2) is 17.6 Å². The van der Waals surface area contributed by atoms with E-state index in [9.17, 15) is 0 Å². The normalized spacial score (nSPS) is 25.9. The van der Waals surface area contributed by atoms with Gasteiger partial charge in [0, 0.05) is 17.2 Å². The lowest BCUT2D eigenvalue weighted by Gasteiger charge is -2.37. The van der Waals surface area contributed by atoms with Gasteiger partial charge in [0.25, 0.3) is 0 Å². The van der Waals surface area contributed by atoms with E-state index < -0.39 is 0 Å². The highest BCUT2D eigenvalue weighted by Crippen LogP contribution is 2.59. The molecule has 7 nitrogen and oxygen atoms in total. The van der Waals surface area contributed by atoms with Crippen LogP contribution in [0.3, 0.4) is 0 Å². The molecule has 0 aromatic heterocycles. The molecule has 6 rings (SSSR count). The van der Waals surface area contributed by atoms with Gasteiger partial charge in [-0.3, -0.25) is 0 Å². The van der Waals surface area contributed by atoms with E-state index in [1.54, 1.807) is 21.3 Å². The number of ether oxygens (including phenoxy) is 7. The number of hydrogen-bond donors (Lipinski definition) is 0. The van der Waals surface area contributed by atoms with Gasteiger partial charge >= 0.3 is 0 Å². The summed E-state index contributed by atoms with van der Waals surface area (Å²) in [5, 5.41) is 0. The lowest BCUT2D eigenvalue weighted by atomic mass is 9.87. The Morgan fingerprint density at radius 2 is 1.71 bits per heavy atom. The van der Waals surface area contributed by atoms with Crippen LogP contribution in [-0.4, -0.2) is 45.7 Å². The SMILES string of the molecule is COC1=C2c3cc(OC)c(OC)cc3OC[C@H]2Oc2c1ccc1c2C2OC2C(C)(C)O1. The molecule has 0 bridgehead atoms. The van der Waals surface area contributed by atoms with Crippen LogP contribution in [0.1, 0.15) is 36.6 Å². The molecule has 0 radical (unpaired) electrons. The van der Waals surface area contributed by atoms with Crippen molar-refractivity contribution in [1.29, 1.82) is 0 Å². The molecular formula is C24H24O7. The van der Waals surface area contributed by atoms with Crippen LogP contribution in [0.25, 0.3) is 11.3 Å². The molecule has 2 aromatic carbocycles. The smallest absolute Gasteiger partial charge is 0.164 e. The molecule has 0 amide bonds. The summed E-state index contributed by atoms with van der Waals surface area (Å²) in [5.74, 6) is 4.24. The van der Waals surface area contributed by atoms with Crippen molar-refractivity contribution in [3.63, 3.8) is 0 Å². The van der Waals surface area contributed by atoms with Gasteiger partial charge in [-0.15, -0.1) is 0 Å². The van der Waals surface area contributed by atoms with E-state index in [-0.39, 0.29) is 23.9 Å². The maximum Gasteiger partial charge on any atom is 0.164 e. The van der Waals surface area contributed by atoms with Gasteiger partial charge in [0.1, 0.15) is 47.4 Å². The van der Waals surface area contributed by atoms with Crippen molar-refractivity contribution in [2.24, 2.45) is 0 Å². The third-order valence-electron chi connectivity index (χ3n) is 6.43. The van der Waals surface area contributed by atoms with Crippen LogP contribution in [-0.2, 0) is 9.47 Å². The number of epoxide rings is 1. The molecule has 0 spiro atoms. The van der Waals surface area contributed by atoms with E-state index in [4.69, 9.17) is 33.2 Å². The van der Waals surface area contributed by atoms with Crippen LogP contribution in [0, 0.1) is 0 Å². The minimum atomic E-state index is -0.367. The molecule has 4 aliphatic rings. The van der Waals surface area contributed by atoms with E-state index in [0.717, 1.165) is 39.5 Å². The summed E-state index contributed by atoms with van der Waals surface area (Å²) in [6.07, 6.45) is -0.340. The van der Waals surface area contributed by atoms with Crippen molar-refractivity contribution in [2.75, 3.05) is 27.9 Å². The lowest BCUT2D eigenvalue weighted by molar-refractivity contribution is 0.0714. The van der Waals surface area contributed by atoms with Crippen LogP contribution in [0.2, 0.25) is 0 Å². The van der Waals surface area contributed by atoms with Crippen molar-refractivity contribution in [1.82, 2.24) is 0 Å². The molecule has 1 fully saturated rings. The zero-order valence-electron chi connectivity index (χ0n) is 18.1. The summed E-state index contributed by atoms with van der Waals surface area (Å²) in [7, 11) is 4.90. The molecule has 0 saturated carbocycles. The summed E-state index contributed by atoms with van der Waals surface area (Å²) in [6, 6.07) is 7.72. The number of benzene rings is 2. The highest BCUT2D eigenvalue weighted by Gasteiger charge is 2.58. The Bertz CT molecular complexity index is 1130. The standard InChI is InChI=1S/C24H24O7/c1-24(2)23-22(30-23)19-13(31-24)7-6-11-20(27-5)18-12-8-15(25-3)16(26-4)9-14(12)28-10-17(18)29-21(11)19/h6-9,17,22-23H,10H2,1-5H3/t17-,22?,23?/m1/s1. The van der Waals surface area contributed by atoms with Gasteiger partial charge in [-0.2, -0.15) is 0 Å². The van der Waals surface area contributed by atoms with Gasteiger partial charge in [-0.25, -0.2) is 0 Å². The highest BCUT2D eigenvalue weighted by molar-refractivity contribution is 5.96. The van der Waals surface area contributed by atoms with E-state index in [1.165, 1.54) is 0 Å². The Hall–Kier alpha value is -3.06. The first kappa shape index (κ1) is 18.7. The summed E-state index contributed by atoms with van der Waals surface area (Å²) < 4.78 is 41.7. The fraction of sp³-hybridized carbons (Fsp3) is 0.417. The molecule has 4 aliphatic heterocycles. The van der Waals surface area contributed by atoms with Crippen LogP contribution in [0.5, 0.6) is 28.7 Å². The zero-order chi connectivity index (χ0) is 21.5. The molecule has 4 heterocycles. The average Bonchev–Trinajstić information content (AvgIpc) is 3.57. The monoisotopic (exact) mass is 424 g/mol. The van der Waals surface area contributed by atoms with Crippen LogP contribution in [0.15, 0.2) is 24.3 Å². The Balaban J connectivity index is 1.55. The predicted octanol–water partition coefficient (Wildman–Crippen LogP) is 3.98. The van der Waals surface area contributed by atoms with Crippen molar-refractivity contribution in [3.8, 4) is 28.7 Å². The Labute approximate surface area is 180 Å². The first-order chi connectivity index (χ1) is 15.0. The number of methoxy groups -OCH3 is 3. The van der Waals surface area contributed by atoms with Crippen LogP contribution < -0.4 is 23.7 Å². The van der Waals surface area contributed by atoms with E-state index >= 15 is 0 Å². The number of fused-ring (bicyclic) bond motifs is 8. The molecular weight excluding hydrogens is 400 g/mol. The first-order valence-electron chi connectivity index (χ1n) is 10.3. The molecule has 2 aromatic rings. The molecule has 2 unspecified atom stereocenters. The van der Waals surface area contributed by atoms with Gasteiger partial charge in [0.2, 0.25) is 0 Å². The van der Waals surface area contributed by atoms with E-state index in [0.29, 0.717) is 23.9 Å². The number of hydrogen-bond acceptors (Lipinski definition) is 7. The lowest BCUT2D eigenvalue weighted by Crippen LogP contribution is -2.39. The predicted molar refractivity (Wildman–Crippen MR) is 112 cm³/mol. The molecule has 1 saturated heterocycles. The maximum atomic E-state index is 6.52. The zero-order valence-corrected chi connectivity index (χ0v) is 18.1. The molecule has 7 heteroatoms. The molecule has 31 heavy (non-hydrogen) atoms. The summed E-state index contributed by atoms with van der Waals surface area (Å²) in [6.45, 7) is 4.45. The molecule has 0 aliphatic carbocycles. The molecule has 0 N–H and O–H groups in total. The summed E-state index contributed by atoms with van der Waals surface area (Å²) >= 11 is 0. The fourth-order valence-corrected chi connectivity index (χ4v) is 4.93. The van der Waals surface area contributed by atoms with Crippen LogP contribution >= 0.6 is 0 Å².